The topological polar surface area (TPSA) is 29.5 Å². The van der Waals surface area contributed by atoms with Crippen molar-refractivity contribution in [2.45, 2.75) is 31.9 Å². The van der Waals surface area contributed by atoms with Gasteiger partial charge in [0.05, 0.1) is 6.10 Å². The molecule has 0 bridgehead atoms. The fraction of sp³-hybridized carbons (Fsp3) is 1.00. The average molecular weight is 153 g/mol. The van der Waals surface area contributed by atoms with Gasteiger partial charge in [-0.3, -0.25) is 0 Å². The van der Waals surface area contributed by atoms with E-state index in [4.69, 9.17) is 21.4 Å². The number of hydrogen-bond acceptors (Lipinski definition) is 2. The summed E-state index contributed by atoms with van der Waals surface area (Å²) in [4.78, 5) is 0. The summed E-state index contributed by atoms with van der Waals surface area (Å²) in [5.74, 6) is 0. The number of alkyl halides is 1. The maximum absolute atomic E-state index is 9.00. The maximum atomic E-state index is 9.00. The molecule has 0 aliphatic rings. The van der Waals surface area contributed by atoms with Crippen molar-refractivity contribution in [3.05, 3.63) is 0 Å². The second-order valence-electron chi connectivity index (χ2n) is 1.78. The minimum atomic E-state index is -0.542. The lowest BCUT2D eigenvalue weighted by Gasteiger charge is -2.13. The van der Waals surface area contributed by atoms with Gasteiger partial charge >= 0.3 is 0 Å². The molecule has 3 heteroatoms. The summed E-state index contributed by atoms with van der Waals surface area (Å²) in [6.07, 6.45) is 0.0976. The molecule has 0 saturated heterocycles. The van der Waals surface area contributed by atoms with Crippen molar-refractivity contribution in [1.82, 2.24) is 0 Å². The van der Waals surface area contributed by atoms with E-state index in [-0.39, 0.29) is 0 Å². The Morgan fingerprint density at radius 1 is 1.56 bits per heavy atom. The minimum Gasteiger partial charge on any atom is -0.389 e. The van der Waals surface area contributed by atoms with E-state index in [0.29, 0.717) is 13.0 Å². The third-order valence-electron chi connectivity index (χ3n) is 1.05. The monoisotopic (exact) mass is 152 g/mol. The first-order valence-corrected chi connectivity index (χ1v) is 3.59. The second-order valence-corrected chi connectivity index (χ2v) is 2.21. The lowest BCUT2D eigenvalue weighted by atomic mass is 10.3. The summed E-state index contributed by atoms with van der Waals surface area (Å²) in [5, 5.41) is 9.00. The van der Waals surface area contributed by atoms with Gasteiger partial charge in [0.1, 0.15) is 0 Å². The molecule has 2 atom stereocenters. The second kappa shape index (κ2) is 5.03. The highest BCUT2D eigenvalue weighted by atomic mass is 35.5. The quantitative estimate of drug-likeness (QED) is 0.617. The van der Waals surface area contributed by atoms with Crippen LogP contribution in [0.3, 0.4) is 0 Å². The zero-order chi connectivity index (χ0) is 7.28. The zero-order valence-electron chi connectivity index (χ0n) is 5.80. The van der Waals surface area contributed by atoms with Crippen LogP contribution in [0.4, 0.5) is 0 Å². The first-order chi connectivity index (χ1) is 4.22. The average Bonchev–Trinajstić information content (AvgIpc) is 1.87. The number of aliphatic hydroxyl groups excluding tert-OH is 1. The lowest BCUT2D eigenvalue weighted by molar-refractivity contribution is 0.0138. The van der Waals surface area contributed by atoms with Gasteiger partial charge in [-0.15, -0.1) is 0 Å². The van der Waals surface area contributed by atoms with E-state index >= 15 is 0 Å². The molecule has 0 aromatic heterocycles. The van der Waals surface area contributed by atoms with Crippen molar-refractivity contribution in [3.8, 4) is 0 Å². The van der Waals surface area contributed by atoms with Crippen LogP contribution in [0.25, 0.3) is 0 Å². The lowest BCUT2D eigenvalue weighted by Crippen LogP contribution is -2.22. The first-order valence-electron chi connectivity index (χ1n) is 3.16. The van der Waals surface area contributed by atoms with E-state index in [0.717, 1.165) is 0 Å². The largest absolute Gasteiger partial charge is 0.389 e. The first kappa shape index (κ1) is 9.21. The van der Waals surface area contributed by atoms with Crippen LogP contribution in [0.1, 0.15) is 20.3 Å². The van der Waals surface area contributed by atoms with E-state index in [1.165, 1.54) is 0 Å². The summed E-state index contributed by atoms with van der Waals surface area (Å²) in [6, 6.07) is 0. The highest BCUT2D eigenvalue weighted by molar-refractivity contribution is 6.20. The van der Waals surface area contributed by atoms with Crippen molar-refractivity contribution in [2.75, 3.05) is 6.61 Å². The molecule has 0 spiro atoms. The van der Waals surface area contributed by atoms with Gasteiger partial charge in [-0.05, 0) is 13.3 Å². The molecule has 56 valence electrons. The van der Waals surface area contributed by atoms with E-state index in [9.17, 15) is 0 Å². The summed E-state index contributed by atoms with van der Waals surface area (Å²) in [6.45, 7) is 4.25. The van der Waals surface area contributed by atoms with Crippen LogP contribution < -0.4 is 0 Å². The molecule has 0 saturated carbocycles. The Balaban J connectivity index is 3.32. The van der Waals surface area contributed by atoms with E-state index < -0.39 is 11.7 Å². The standard InChI is InChI=1S/C6H13ClO2/c1-3-5(8)6(7)9-4-2/h5-6,8H,3-4H2,1-2H3. The Morgan fingerprint density at radius 2 is 2.11 bits per heavy atom. The number of halogens is 1. The molecule has 0 fully saturated rings. The predicted molar refractivity (Wildman–Crippen MR) is 37.6 cm³/mol. The van der Waals surface area contributed by atoms with Crippen LogP contribution in [-0.2, 0) is 4.74 Å². The number of aliphatic hydroxyl groups is 1. The number of rotatable bonds is 4. The van der Waals surface area contributed by atoms with Crippen LogP contribution in [0.2, 0.25) is 0 Å². The van der Waals surface area contributed by atoms with Gasteiger partial charge in [0.25, 0.3) is 0 Å². The Hall–Kier alpha value is 0.210. The molecule has 0 aliphatic heterocycles. The summed E-state index contributed by atoms with van der Waals surface area (Å²) in [7, 11) is 0. The minimum absolute atomic E-state index is 0.536. The fourth-order valence-corrected chi connectivity index (χ4v) is 0.760. The molecule has 2 unspecified atom stereocenters. The van der Waals surface area contributed by atoms with Crippen molar-refractivity contribution in [2.24, 2.45) is 0 Å². The molecule has 0 heterocycles. The molecule has 0 radical (unpaired) electrons. The molecule has 0 rings (SSSR count). The van der Waals surface area contributed by atoms with E-state index in [1.807, 2.05) is 13.8 Å². The molecule has 0 aromatic carbocycles. The van der Waals surface area contributed by atoms with Crippen LogP contribution in [-0.4, -0.2) is 23.4 Å². The Morgan fingerprint density at radius 3 is 2.44 bits per heavy atom. The normalized spacial score (nSPS) is 17.3. The smallest absolute Gasteiger partial charge is 0.156 e. The molecule has 0 amide bonds. The third kappa shape index (κ3) is 3.73. The van der Waals surface area contributed by atoms with Gasteiger partial charge < -0.3 is 9.84 Å². The van der Waals surface area contributed by atoms with Gasteiger partial charge in [0.15, 0.2) is 5.56 Å². The summed E-state index contributed by atoms with van der Waals surface area (Å²) < 4.78 is 4.91. The predicted octanol–water partition coefficient (Wildman–Crippen LogP) is 1.36. The van der Waals surface area contributed by atoms with Crippen LogP contribution >= 0.6 is 11.6 Å². The molecular formula is C6H13ClO2. The van der Waals surface area contributed by atoms with Gasteiger partial charge in [0.2, 0.25) is 0 Å². The van der Waals surface area contributed by atoms with Crippen LogP contribution in [0.5, 0.6) is 0 Å². The fourth-order valence-electron chi connectivity index (χ4n) is 0.456. The molecule has 2 nitrogen and oxygen atoms in total. The SMILES string of the molecule is CCOC(Cl)C(O)CC. The van der Waals surface area contributed by atoms with Crippen molar-refractivity contribution >= 4 is 11.6 Å². The van der Waals surface area contributed by atoms with Gasteiger partial charge in [-0.25, -0.2) is 0 Å². The van der Waals surface area contributed by atoms with Crippen molar-refractivity contribution < 1.29 is 9.84 Å². The third-order valence-corrected chi connectivity index (χ3v) is 1.46. The van der Waals surface area contributed by atoms with Gasteiger partial charge in [-0.2, -0.15) is 0 Å². The molecule has 0 aliphatic carbocycles. The molecular weight excluding hydrogens is 140 g/mol. The Bertz CT molecular complexity index is 68.1. The molecule has 9 heavy (non-hydrogen) atoms. The maximum Gasteiger partial charge on any atom is 0.156 e. The van der Waals surface area contributed by atoms with Gasteiger partial charge in [-0.1, -0.05) is 18.5 Å². The molecule has 1 N–H and O–H groups in total. The Labute approximate surface area is 60.8 Å². The van der Waals surface area contributed by atoms with Gasteiger partial charge in [0, 0.05) is 6.61 Å². The van der Waals surface area contributed by atoms with E-state index in [2.05, 4.69) is 0 Å². The highest BCUT2D eigenvalue weighted by Gasteiger charge is 2.12. The Kier molecular flexibility index (Phi) is 5.15. The number of hydrogen-bond donors (Lipinski definition) is 1. The summed E-state index contributed by atoms with van der Waals surface area (Å²) >= 11 is 5.56. The summed E-state index contributed by atoms with van der Waals surface area (Å²) in [5.41, 5.74) is -0.542. The van der Waals surface area contributed by atoms with E-state index in [1.54, 1.807) is 0 Å². The van der Waals surface area contributed by atoms with Crippen molar-refractivity contribution in [3.63, 3.8) is 0 Å². The van der Waals surface area contributed by atoms with Crippen LogP contribution in [0, 0.1) is 0 Å². The number of ether oxygens (including phenoxy) is 1. The highest BCUT2D eigenvalue weighted by Crippen LogP contribution is 2.06. The van der Waals surface area contributed by atoms with Crippen molar-refractivity contribution in [1.29, 1.82) is 0 Å². The molecule has 0 aromatic rings. The van der Waals surface area contributed by atoms with Crippen LogP contribution in [0.15, 0.2) is 0 Å². The zero-order valence-corrected chi connectivity index (χ0v) is 6.56.